The Bertz CT molecular complexity index is 143. The average Bonchev–Trinajstić information content (AvgIpc) is 1.97. The molecule has 2 heterocycles. The van der Waals surface area contributed by atoms with Crippen LogP contribution in [0.2, 0.25) is 0 Å². The van der Waals surface area contributed by atoms with E-state index < -0.39 is 0 Å². The van der Waals surface area contributed by atoms with Gasteiger partial charge >= 0.3 is 0 Å². The maximum Gasteiger partial charge on any atom is 0.00418 e. The van der Waals surface area contributed by atoms with Gasteiger partial charge in [0.15, 0.2) is 0 Å². The van der Waals surface area contributed by atoms with Crippen LogP contribution in [0, 0.1) is 5.92 Å². The summed E-state index contributed by atoms with van der Waals surface area (Å²) in [4.78, 5) is 2.60. The van der Waals surface area contributed by atoms with Crippen molar-refractivity contribution in [2.75, 3.05) is 26.2 Å². The monoisotopic (exact) mass is 168 g/mol. The van der Waals surface area contributed by atoms with Crippen molar-refractivity contribution in [3.63, 3.8) is 0 Å². The van der Waals surface area contributed by atoms with E-state index in [-0.39, 0.29) is 0 Å². The highest BCUT2D eigenvalue weighted by Gasteiger charge is 2.22. The molecule has 0 aliphatic carbocycles. The molecule has 0 spiro atoms. The summed E-state index contributed by atoms with van der Waals surface area (Å²) in [5.41, 5.74) is 0. The van der Waals surface area contributed by atoms with Crippen molar-refractivity contribution in [3.8, 4) is 0 Å². The van der Waals surface area contributed by atoms with Crippen molar-refractivity contribution < 1.29 is 0 Å². The van der Waals surface area contributed by atoms with Gasteiger partial charge in [-0.2, -0.15) is 0 Å². The summed E-state index contributed by atoms with van der Waals surface area (Å²) in [5.74, 6) is 0.974. The van der Waals surface area contributed by atoms with E-state index in [1.807, 2.05) is 0 Å². The van der Waals surface area contributed by atoms with Gasteiger partial charge in [0.05, 0.1) is 0 Å². The van der Waals surface area contributed by atoms with Crippen molar-refractivity contribution >= 4 is 0 Å². The van der Waals surface area contributed by atoms with E-state index in [1.165, 1.54) is 45.4 Å². The smallest absolute Gasteiger partial charge is 0.00418 e. The lowest BCUT2D eigenvalue weighted by Crippen LogP contribution is -2.44. The summed E-state index contributed by atoms with van der Waals surface area (Å²) in [6.07, 6.45) is 4.21. The Morgan fingerprint density at radius 1 is 1.42 bits per heavy atom. The third kappa shape index (κ3) is 1.99. The van der Waals surface area contributed by atoms with Gasteiger partial charge in [-0.3, -0.25) is 0 Å². The minimum Gasteiger partial charge on any atom is -0.314 e. The fourth-order valence-corrected chi connectivity index (χ4v) is 2.33. The van der Waals surface area contributed by atoms with Gasteiger partial charge in [-0.25, -0.2) is 0 Å². The van der Waals surface area contributed by atoms with Crippen molar-refractivity contribution in [1.29, 1.82) is 0 Å². The van der Waals surface area contributed by atoms with E-state index in [0.29, 0.717) is 0 Å². The van der Waals surface area contributed by atoms with Crippen LogP contribution in [0.4, 0.5) is 0 Å². The SMILES string of the molecule is CC1CC(CN2CCC2)CCN1. The Kier molecular flexibility index (Phi) is 2.66. The Hall–Kier alpha value is -0.0800. The average molecular weight is 168 g/mol. The zero-order valence-corrected chi connectivity index (χ0v) is 8.05. The first-order valence-corrected chi connectivity index (χ1v) is 5.30. The van der Waals surface area contributed by atoms with Gasteiger partial charge < -0.3 is 10.2 Å². The zero-order chi connectivity index (χ0) is 8.39. The largest absolute Gasteiger partial charge is 0.314 e. The van der Waals surface area contributed by atoms with Gasteiger partial charge in [0, 0.05) is 12.6 Å². The third-order valence-corrected chi connectivity index (χ3v) is 3.20. The van der Waals surface area contributed by atoms with Crippen LogP contribution in [0.15, 0.2) is 0 Å². The normalized spacial score (nSPS) is 37.8. The second-order valence-corrected chi connectivity index (χ2v) is 4.40. The number of hydrogen-bond donors (Lipinski definition) is 1. The minimum absolute atomic E-state index is 0.755. The lowest BCUT2D eigenvalue weighted by atomic mass is 9.92. The summed E-state index contributed by atoms with van der Waals surface area (Å²) in [7, 11) is 0. The summed E-state index contributed by atoms with van der Waals surface area (Å²) >= 11 is 0. The molecule has 12 heavy (non-hydrogen) atoms. The summed E-state index contributed by atoms with van der Waals surface area (Å²) in [5, 5.41) is 3.50. The Morgan fingerprint density at radius 2 is 2.25 bits per heavy atom. The van der Waals surface area contributed by atoms with Gasteiger partial charge in [0.2, 0.25) is 0 Å². The van der Waals surface area contributed by atoms with Crippen LogP contribution < -0.4 is 5.32 Å². The zero-order valence-electron chi connectivity index (χ0n) is 8.05. The standard InChI is InChI=1S/C10H20N2/c1-9-7-10(3-4-11-9)8-12-5-2-6-12/h9-11H,2-8H2,1H3. The lowest BCUT2D eigenvalue weighted by molar-refractivity contribution is 0.132. The highest BCUT2D eigenvalue weighted by atomic mass is 15.2. The molecule has 0 bridgehead atoms. The predicted octanol–water partition coefficient (Wildman–Crippen LogP) is 1.08. The number of nitrogens with one attached hydrogen (secondary N) is 1. The van der Waals surface area contributed by atoms with Crippen LogP contribution in [-0.2, 0) is 0 Å². The summed E-state index contributed by atoms with van der Waals surface area (Å²) in [6.45, 7) is 7.63. The number of likely N-dealkylation sites (tertiary alicyclic amines) is 1. The molecule has 70 valence electrons. The van der Waals surface area contributed by atoms with E-state index in [4.69, 9.17) is 0 Å². The predicted molar refractivity (Wildman–Crippen MR) is 51.2 cm³/mol. The Morgan fingerprint density at radius 3 is 2.83 bits per heavy atom. The van der Waals surface area contributed by atoms with Gasteiger partial charge in [0.25, 0.3) is 0 Å². The summed E-state index contributed by atoms with van der Waals surface area (Å²) < 4.78 is 0. The number of nitrogens with zero attached hydrogens (tertiary/aromatic N) is 1. The molecule has 2 aliphatic rings. The molecule has 0 aromatic heterocycles. The molecule has 2 saturated heterocycles. The minimum atomic E-state index is 0.755. The van der Waals surface area contributed by atoms with Crippen LogP contribution in [0.5, 0.6) is 0 Å². The second kappa shape index (κ2) is 3.75. The molecule has 0 saturated carbocycles. The molecule has 2 aliphatic heterocycles. The van der Waals surface area contributed by atoms with Crippen LogP contribution in [0.25, 0.3) is 0 Å². The Balaban J connectivity index is 1.71. The molecule has 2 heteroatoms. The molecule has 0 aromatic carbocycles. The molecule has 2 rings (SSSR count). The van der Waals surface area contributed by atoms with Crippen LogP contribution in [0.3, 0.4) is 0 Å². The maximum absolute atomic E-state index is 3.50. The second-order valence-electron chi connectivity index (χ2n) is 4.40. The van der Waals surface area contributed by atoms with E-state index in [9.17, 15) is 0 Å². The fraction of sp³-hybridized carbons (Fsp3) is 1.00. The van der Waals surface area contributed by atoms with E-state index in [0.717, 1.165) is 12.0 Å². The van der Waals surface area contributed by atoms with E-state index >= 15 is 0 Å². The van der Waals surface area contributed by atoms with Crippen molar-refractivity contribution in [2.24, 2.45) is 5.92 Å². The van der Waals surface area contributed by atoms with Crippen molar-refractivity contribution in [2.45, 2.75) is 32.2 Å². The quantitative estimate of drug-likeness (QED) is 0.664. The number of rotatable bonds is 2. The van der Waals surface area contributed by atoms with Crippen LogP contribution in [0.1, 0.15) is 26.2 Å². The topological polar surface area (TPSA) is 15.3 Å². The maximum atomic E-state index is 3.50. The number of piperidine rings is 1. The first kappa shape index (κ1) is 8.52. The Labute approximate surface area is 75.3 Å². The van der Waals surface area contributed by atoms with Gasteiger partial charge in [-0.05, 0) is 51.7 Å². The van der Waals surface area contributed by atoms with Gasteiger partial charge in [0.1, 0.15) is 0 Å². The third-order valence-electron chi connectivity index (χ3n) is 3.20. The molecule has 2 atom stereocenters. The molecule has 2 unspecified atom stereocenters. The van der Waals surface area contributed by atoms with Crippen molar-refractivity contribution in [3.05, 3.63) is 0 Å². The highest BCUT2D eigenvalue weighted by molar-refractivity contribution is 4.79. The van der Waals surface area contributed by atoms with Gasteiger partial charge in [-0.1, -0.05) is 0 Å². The molecule has 0 amide bonds. The van der Waals surface area contributed by atoms with E-state index in [1.54, 1.807) is 0 Å². The van der Waals surface area contributed by atoms with Crippen LogP contribution in [-0.4, -0.2) is 37.1 Å². The fourth-order valence-electron chi connectivity index (χ4n) is 2.33. The van der Waals surface area contributed by atoms with Gasteiger partial charge in [-0.15, -0.1) is 0 Å². The molecule has 0 radical (unpaired) electrons. The molecule has 2 fully saturated rings. The molecule has 2 nitrogen and oxygen atoms in total. The molecular formula is C10H20N2. The summed E-state index contributed by atoms with van der Waals surface area (Å²) in [6, 6.07) is 0.755. The van der Waals surface area contributed by atoms with E-state index in [2.05, 4.69) is 17.1 Å². The van der Waals surface area contributed by atoms with Crippen molar-refractivity contribution in [1.82, 2.24) is 10.2 Å². The first-order chi connectivity index (χ1) is 5.84. The highest BCUT2D eigenvalue weighted by Crippen LogP contribution is 2.19. The lowest BCUT2D eigenvalue weighted by Gasteiger charge is -2.37. The first-order valence-electron chi connectivity index (χ1n) is 5.30. The molecule has 1 N–H and O–H groups in total. The van der Waals surface area contributed by atoms with Crippen LogP contribution >= 0.6 is 0 Å². The number of hydrogen-bond acceptors (Lipinski definition) is 2. The molecular weight excluding hydrogens is 148 g/mol. The molecule has 0 aromatic rings.